The Hall–Kier alpha value is -2.53. The molecule has 0 saturated carbocycles. The zero-order valence-corrected chi connectivity index (χ0v) is 15.2. The molecule has 1 atom stereocenters. The van der Waals surface area contributed by atoms with Crippen LogP contribution in [-0.2, 0) is 6.42 Å². The minimum atomic E-state index is -0.828. The molecular formula is C21H24N2O3. The fraction of sp³-hybridized carbons (Fsp3) is 0.381. The Balaban J connectivity index is 1.70. The summed E-state index contributed by atoms with van der Waals surface area (Å²) in [5.74, 6) is 1.83. The number of piperazine rings is 1. The van der Waals surface area contributed by atoms with Gasteiger partial charge in [-0.05, 0) is 38.0 Å². The zero-order valence-electron chi connectivity index (χ0n) is 15.2. The van der Waals surface area contributed by atoms with E-state index in [4.69, 9.17) is 4.74 Å². The smallest absolute Gasteiger partial charge is 0.407 e. The number of carboxylic acid groups (broad SMARTS) is 1. The van der Waals surface area contributed by atoms with Gasteiger partial charge >= 0.3 is 6.09 Å². The van der Waals surface area contributed by atoms with Gasteiger partial charge in [0, 0.05) is 37.8 Å². The van der Waals surface area contributed by atoms with Crippen LogP contribution in [0, 0.1) is 13.8 Å². The van der Waals surface area contributed by atoms with E-state index in [1.165, 1.54) is 27.2 Å². The molecule has 0 radical (unpaired) electrons. The summed E-state index contributed by atoms with van der Waals surface area (Å²) in [7, 11) is 0. The standard InChI is InChI=1S/C21H24N2O3/c1-14-3-5-19-16(11-14)13-18(17-12-15(2)4-6-20(17)26-19)22-7-9-23(10-8-22)21(24)25/h3-6,11-12,18H,7-10,13H2,1-2H3,(H,24,25). The van der Waals surface area contributed by atoms with E-state index in [0.717, 1.165) is 31.0 Å². The molecule has 136 valence electrons. The van der Waals surface area contributed by atoms with Crippen molar-refractivity contribution in [2.45, 2.75) is 26.3 Å². The number of ether oxygens (including phenoxy) is 1. The van der Waals surface area contributed by atoms with Crippen molar-refractivity contribution in [3.63, 3.8) is 0 Å². The Morgan fingerprint density at radius 2 is 1.65 bits per heavy atom. The molecule has 1 saturated heterocycles. The number of hydrogen-bond donors (Lipinski definition) is 1. The maximum absolute atomic E-state index is 11.2. The Morgan fingerprint density at radius 1 is 1.00 bits per heavy atom. The van der Waals surface area contributed by atoms with Crippen LogP contribution in [0.15, 0.2) is 36.4 Å². The highest BCUT2D eigenvalue weighted by atomic mass is 16.5. The predicted molar refractivity (Wildman–Crippen MR) is 100 cm³/mol. The second-order valence-corrected chi connectivity index (χ2v) is 7.28. The Bertz CT molecular complexity index is 841. The normalized spacial score (nSPS) is 19.9. The molecule has 26 heavy (non-hydrogen) atoms. The molecule has 1 unspecified atom stereocenters. The lowest BCUT2D eigenvalue weighted by atomic mass is 9.95. The van der Waals surface area contributed by atoms with Crippen molar-refractivity contribution in [2.24, 2.45) is 0 Å². The number of hydrogen-bond acceptors (Lipinski definition) is 3. The molecule has 2 aliphatic rings. The fourth-order valence-electron chi connectivity index (χ4n) is 3.98. The topological polar surface area (TPSA) is 53.0 Å². The summed E-state index contributed by atoms with van der Waals surface area (Å²) >= 11 is 0. The average molecular weight is 352 g/mol. The summed E-state index contributed by atoms with van der Waals surface area (Å²) in [6.07, 6.45) is 0.0478. The average Bonchev–Trinajstić information content (AvgIpc) is 2.78. The van der Waals surface area contributed by atoms with Crippen molar-refractivity contribution in [1.29, 1.82) is 0 Å². The van der Waals surface area contributed by atoms with E-state index in [1.807, 2.05) is 0 Å². The summed E-state index contributed by atoms with van der Waals surface area (Å²) in [6.45, 7) is 6.78. The van der Waals surface area contributed by atoms with Gasteiger partial charge in [-0.15, -0.1) is 0 Å². The van der Waals surface area contributed by atoms with Gasteiger partial charge in [-0.1, -0.05) is 35.4 Å². The van der Waals surface area contributed by atoms with Crippen LogP contribution in [-0.4, -0.2) is 47.2 Å². The van der Waals surface area contributed by atoms with Crippen LogP contribution >= 0.6 is 0 Å². The molecule has 2 aromatic rings. The van der Waals surface area contributed by atoms with Gasteiger partial charge in [0.15, 0.2) is 0 Å². The molecule has 0 aliphatic carbocycles. The molecule has 0 aromatic heterocycles. The first kappa shape index (κ1) is 16.9. The fourth-order valence-corrected chi connectivity index (χ4v) is 3.98. The van der Waals surface area contributed by atoms with E-state index in [2.05, 4.69) is 55.1 Å². The summed E-state index contributed by atoms with van der Waals surface area (Å²) in [4.78, 5) is 15.1. The van der Waals surface area contributed by atoms with E-state index in [9.17, 15) is 9.90 Å². The van der Waals surface area contributed by atoms with Gasteiger partial charge in [-0.25, -0.2) is 4.79 Å². The van der Waals surface area contributed by atoms with Crippen molar-refractivity contribution in [3.05, 3.63) is 58.7 Å². The maximum atomic E-state index is 11.2. The molecule has 4 rings (SSSR count). The van der Waals surface area contributed by atoms with Gasteiger partial charge in [0.25, 0.3) is 0 Å². The van der Waals surface area contributed by atoms with Crippen molar-refractivity contribution in [2.75, 3.05) is 26.2 Å². The van der Waals surface area contributed by atoms with Crippen LogP contribution in [0.2, 0.25) is 0 Å². The second-order valence-electron chi connectivity index (χ2n) is 7.28. The molecule has 1 amide bonds. The van der Waals surface area contributed by atoms with Gasteiger partial charge < -0.3 is 14.7 Å². The maximum Gasteiger partial charge on any atom is 0.407 e. The number of aryl methyl sites for hydroxylation is 2. The molecular weight excluding hydrogens is 328 g/mol. The SMILES string of the molecule is Cc1ccc2c(c1)CC(N1CCN(C(=O)O)CC1)c1cc(C)ccc1O2. The van der Waals surface area contributed by atoms with E-state index in [-0.39, 0.29) is 6.04 Å². The van der Waals surface area contributed by atoms with Crippen LogP contribution in [0.5, 0.6) is 11.5 Å². The van der Waals surface area contributed by atoms with Crippen LogP contribution in [0.1, 0.15) is 28.3 Å². The number of benzene rings is 2. The lowest BCUT2D eigenvalue weighted by molar-refractivity contribution is 0.0846. The van der Waals surface area contributed by atoms with Crippen LogP contribution in [0.25, 0.3) is 0 Å². The Labute approximate surface area is 153 Å². The lowest BCUT2D eigenvalue weighted by Gasteiger charge is -2.38. The van der Waals surface area contributed by atoms with Crippen molar-refractivity contribution >= 4 is 6.09 Å². The van der Waals surface area contributed by atoms with Crippen molar-refractivity contribution in [1.82, 2.24) is 9.80 Å². The number of fused-ring (bicyclic) bond motifs is 2. The largest absolute Gasteiger partial charge is 0.465 e. The summed E-state index contributed by atoms with van der Waals surface area (Å²) in [5.41, 5.74) is 4.85. The first-order valence-electron chi connectivity index (χ1n) is 9.11. The number of rotatable bonds is 1. The van der Waals surface area contributed by atoms with Gasteiger partial charge in [0.05, 0.1) is 0 Å². The van der Waals surface area contributed by atoms with Crippen LogP contribution < -0.4 is 4.74 Å². The molecule has 2 heterocycles. The van der Waals surface area contributed by atoms with Gasteiger partial charge in [0.1, 0.15) is 11.5 Å². The van der Waals surface area contributed by atoms with Crippen molar-refractivity contribution in [3.8, 4) is 11.5 Å². The van der Waals surface area contributed by atoms with E-state index < -0.39 is 6.09 Å². The van der Waals surface area contributed by atoms with E-state index >= 15 is 0 Å². The molecule has 2 aliphatic heterocycles. The Kier molecular flexibility index (Phi) is 4.32. The number of amides is 1. The Morgan fingerprint density at radius 3 is 2.35 bits per heavy atom. The first-order chi connectivity index (χ1) is 12.5. The molecule has 0 spiro atoms. The molecule has 1 N–H and O–H groups in total. The van der Waals surface area contributed by atoms with Gasteiger partial charge in [-0.3, -0.25) is 4.90 Å². The lowest BCUT2D eigenvalue weighted by Crippen LogP contribution is -2.49. The van der Waals surface area contributed by atoms with Crippen molar-refractivity contribution < 1.29 is 14.6 Å². The highest BCUT2D eigenvalue weighted by Crippen LogP contribution is 2.41. The van der Waals surface area contributed by atoms with Gasteiger partial charge in [0.2, 0.25) is 0 Å². The van der Waals surface area contributed by atoms with Gasteiger partial charge in [-0.2, -0.15) is 0 Å². The molecule has 1 fully saturated rings. The highest BCUT2D eigenvalue weighted by Gasteiger charge is 2.31. The van der Waals surface area contributed by atoms with E-state index in [0.29, 0.717) is 13.1 Å². The third kappa shape index (κ3) is 3.15. The molecule has 5 nitrogen and oxygen atoms in total. The summed E-state index contributed by atoms with van der Waals surface area (Å²) < 4.78 is 6.26. The molecule has 5 heteroatoms. The zero-order chi connectivity index (χ0) is 18.3. The minimum Gasteiger partial charge on any atom is -0.465 e. The highest BCUT2D eigenvalue weighted by molar-refractivity contribution is 5.65. The monoisotopic (exact) mass is 352 g/mol. The number of nitrogens with zero attached hydrogens (tertiary/aromatic N) is 2. The first-order valence-corrected chi connectivity index (χ1v) is 9.11. The number of carbonyl (C=O) groups is 1. The van der Waals surface area contributed by atoms with E-state index in [1.54, 1.807) is 0 Å². The summed E-state index contributed by atoms with van der Waals surface area (Å²) in [6, 6.07) is 12.9. The third-order valence-corrected chi connectivity index (χ3v) is 5.40. The third-order valence-electron chi connectivity index (χ3n) is 5.40. The minimum absolute atomic E-state index is 0.198. The summed E-state index contributed by atoms with van der Waals surface area (Å²) in [5, 5.41) is 9.22. The quantitative estimate of drug-likeness (QED) is 0.843. The predicted octanol–water partition coefficient (Wildman–Crippen LogP) is 3.99. The molecule has 0 bridgehead atoms. The van der Waals surface area contributed by atoms with Crippen LogP contribution in [0.4, 0.5) is 4.79 Å². The second kappa shape index (κ2) is 6.65. The molecule has 2 aromatic carbocycles. The van der Waals surface area contributed by atoms with Crippen LogP contribution in [0.3, 0.4) is 0 Å².